The number of aryl methyl sites for hydroxylation is 1. The van der Waals surface area contributed by atoms with Crippen LogP contribution in [-0.2, 0) is 0 Å². The molecule has 0 bridgehead atoms. The summed E-state index contributed by atoms with van der Waals surface area (Å²) < 4.78 is 5.83. The molecule has 1 aromatic rings. The maximum absolute atomic E-state index is 5.83. The third-order valence-corrected chi connectivity index (χ3v) is 2.40. The number of hydrogen-bond acceptors (Lipinski definition) is 2. The van der Waals surface area contributed by atoms with Crippen molar-refractivity contribution in [2.75, 3.05) is 11.9 Å². The Balaban J connectivity index is 2.40. The van der Waals surface area contributed by atoms with Crippen LogP contribution in [0.5, 0.6) is 5.75 Å². The molecule has 0 radical (unpaired) electrons. The minimum Gasteiger partial charge on any atom is -0.488 e. The lowest BCUT2D eigenvalue weighted by atomic mass is 10.2. The number of ether oxygens (including phenoxy) is 1. The van der Waals surface area contributed by atoms with Crippen molar-refractivity contribution in [2.24, 2.45) is 0 Å². The Morgan fingerprint density at radius 1 is 1.46 bits per heavy atom. The first kappa shape index (κ1) is 8.42. The second kappa shape index (κ2) is 3.29. The lowest BCUT2D eigenvalue weighted by molar-refractivity contribution is 0.220. The monoisotopic (exact) mass is 177 g/mol. The Hall–Kier alpha value is -1.18. The van der Waals surface area contributed by atoms with E-state index in [0.717, 1.165) is 24.4 Å². The van der Waals surface area contributed by atoms with Crippen LogP contribution in [0.15, 0.2) is 18.2 Å². The van der Waals surface area contributed by atoms with Gasteiger partial charge in [0.1, 0.15) is 5.75 Å². The largest absolute Gasteiger partial charge is 0.488 e. The lowest BCUT2D eigenvalue weighted by Gasteiger charge is -2.13. The highest BCUT2D eigenvalue weighted by atomic mass is 16.5. The minimum absolute atomic E-state index is 0.315. The van der Waals surface area contributed by atoms with Gasteiger partial charge in [-0.25, -0.2) is 0 Å². The molecule has 1 aliphatic heterocycles. The zero-order valence-electron chi connectivity index (χ0n) is 8.13. The fraction of sp³-hybridized carbons (Fsp3) is 0.455. The normalized spacial score (nSPS) is 20.9. The molecular formula is C11H15NO. The van der Waals surface area contributed by atoms with Crippen molar-refractivity contribution in [2.45, 2.75) is 26.4 Å². The molecule has 0 saturated heterocycles. The van der Waals surface area contributed by atoms with Crippen molar-refractivity contribution in [3.8, 4) is 5.75 Å². The minimum atomic E-state index is 0.315. The van der Waals surface area contributed by atoms with Crippen molar-refractivity contribution < 1.29 is 4.74 Å². The van der Waals surface area contributed by atoms with E-state index in [9.17, 15) is 0 Å². The van der Waals surface area contributed by atoms with E-state index in [1.807, 2.05) is 0 Å². The van der Waals surface area contributed by atoms with E-state index in [4.69, 9.17) is 4.74 Å². The first-order chi connectivity index (χ1) is 6.27. The molecule has 0 fully saturated rings. The zero-order chi connectivity index (χ0) is 9.26. The van der Waals surface area contributed by atoms with Gasteiger partial charge in [-0.15, -0.1) is 0 Å². The number of nitrogens with one attached hydrogen (secondary N) is 1. The summed E-state index contributed by atoms with van der Waals surface area (Å²) in [4.78, 5) is 0. The summed E-state index contributed by atoms with van der Waals surface area (Å²) in [6, 6.07) is 6.21. The summed E-state index contributed by atoms with van der Waals surface area (Å²) >= 11 is 0. The molecule has 1 aromatic carbocycles. The third-order valence-electron chi connectivity index (χ3n) is 2.40. The van der Waals surface area contributed by atoms with E-state index in [-0.39, 0.29) is 0 Å². The SMILES string of the molecule is Cc1cccc2c1OC(C)CCN2. The van der Waals surface area contributed by atoms with Gasteiger partial charge < -0.3 is 10.1 Å². The van der Waals surface area contributed by atoms with Crippen molar-refractivity contribution in [3.05, 3.63) is 23.8 Å². The molecule has 0 amide bonds. The molecule has 0 aliphatic carbocycles. The maximum Gasteiger partial charge on any atom is 0.145 e. The number of hydrogen-bond donors (Lipinski definition) is 1. The standard InChI is InChI=1S/C11H15NO/c1-8-4-3-5-10-11(8)13-9(2)6-7-12-10/h3-5,9,12H,6-7H2,1-2H3. The Labute approximate surface area is 78.9 Å². The van der Waals surface area contributed by atoms with Crippen LogP contribution in [0.2, 0.25) is 0 Å². The number of para-hydroxylation sites is 1. The summed E-state index contributed by atoms with van der Waals surface area (Å²) in [5.74, 6) is 1.02. The first-order valence-electron chi connectivity index (χ1n) is 4.77. The Morgan fingerprint density at radius 2 is 2.31 bits per heavy atom. The van der Waals surface area contributed by atoms with Gasteiger partial charge in [-0.2, -0.15) is 0 Å². The quantitative estimate of drug-likeness (QED) is 0.657. The van der Waals surface area contributed by atoms with Gasteiger partial charge in [0, 0.05) is 13.0 Å². The van der Waals surface area contributed by atoms with Gasteiger partial charge in [0.15, 0.2) is 0 Å². The van der Waals surface area contributed by atoms with Gasteiger partial charge in [-0.1, -0.05) is 12.1 Å². The summed E-state index contributed by atoms with van der Waals surface area (Å²) in [6.45, 7) is 5.19. The third kappa shape index (κ3) is 1.62. The molecule has 0 spiro atoms. The Morgan fingerprint density at radius 3 is 3.15 bits per heavy atom. The van der Waals surface area contributed by atoms with Gasteiger partial charge >= 0.3 is 0 Å². The topological polar surface area (TPSA) is 21.3 Å². The van der Waals surface area contributed by atoms with Crippen molar-refractivity contribution in [3.63, 3.8) is 0 Å². The van der Waals surface area contributed by atoms with Crippen LogP contribution in [0.4, 0.5) is 5.69 Å². The maximum atomic E-state index is 5.83. The summed E-state index contributed by atoms with van der Waals surface area (Å²) in [5.41, 5.74) is 2.34. The fourth-order valence-corrected chi connectivity index (χ4v) is 1.62. The average molecular weight is 177 g/mol. The second-order valence-electron chi connectivity index (χ2n) is 3.60. The van der Waals surface area contributed by atoms with Gasteiger partial charge in [-0.05, 0) is 25.5 Å². The second-order valence-corrected chi connectivity index (χ2v) is 3.60. The summed E-state index contributed by atoms with van der Waals surface area (Å²) in [5, 5.41) is 3.37. The van der Waals surface area contributed by atoms with Crippen LogP contribution in [-0.4, -0.2) is 12.6 Å². The summed E-state index contributed by atoms with van der Waals surface area (Å²) in [7, 11) is 0. The number of benzene rings is 1. The van der Waals surface area contributed by atoms with Crippen LogP contribution in [0.25, 0.3) is 0 Å². The lowest BCUT2D eigenvalue weighted by Crippen LogP contribution is -2.12. The molecule has 1 unspecified atom stereocenters. The van der Waals surface area contributed by atoms with E-state index < -0.39 is 0 Å². The molecular weight excluding hydrogens is 162 g/mol. The first-order valence-corrected chi connectivity index (χ1v) is 4.77. The molecule has 0 aromatic heterocycles. The summed E-state index contributed by atoms with van der Waals surface area (Å²) in [6.07, 6.45) is 1.38. The fourth-order valence-electron chi connectivity index (χ4n) is 1.62. The van der Waals surface area contributed by atoms with Crippen LogP contribution in [0, 0.1) is 6.92 Å². The van der Waals surface area contributed by atoms with Crippen LogP contribution in [0.1, 0.15) is 18.9 Å². The highest BCUT2D eigenvalue weighted by Crippen LogP contribution is 2.31. The van der Waals surface area contributed by atoms with Crippen molar-refractivity contribution in [1.29, 1.82) is 0 Å². The van der Waals surface area contributed by atoms with Crippen molar-refractivity contribution in [1.82, 2.24) is 0 Å². The molecule has 1 heterocycles. The van der Waals surface area contributed by atoms with Crippen molar-refractivity contribution >= 4 is 5.69 Å². The Bertz CT molecular complexity index is 309. The zero-order valence-corrected chi connectivity index (χ0v) is 8.13. The van der Waals surface area contributed by atoms with E-state index in [2.05, 4.69) is 37.4 Å². The average Bonchev–Trinajstić information content (AvgIpc) is 2.28. The molecule has 2 nitrogen and oxygen atoms in total. The van der Waals surface area contributed by atoms with Crippen LogP contribution >= 0.6 is 0 Å². The molecule has 2 heteroatoms. The predicted octanol–water partition coefficient (Wildman–Crippen LogP) is 2.58. The van der Waals surface area contributed by atoms with Gasteiger partial charge in [0.05, 0.1) is 11.8 Å². The highest BCUT2D eigenvalue weighted by molar-refractivity contribution is 5.60. The van der Waals surface area contributed by atoms with E-state index in [0.29, 0.717) is 6.10 Å². The number of fused-ring (bicyclic) bond motifs is 1. The van der Waals surface area contributed by atoms with E-state index >= 15 is 0 Å². The molecule has 1 aliphatic rings. The molecule has 1 atom stereocenters. The molecule has 70 valence electrons. The predicted molar refractivity (Wildman–Crippen MR) is 54.4 cm³/mol. The molecule has 2 rings (SSSR count). The molecule has 0 saturated carbocycles. The smallest absolute Gasteiger partial charge is 0.145 e. The van der Waals surface area contributed by atoms with E-state index in [1.54, 1.807) is 0 Å². The van der Waals surface area contributed by atoms with E-state index in [1.165, 1.54) is 5.56 Å². The van der Waals surface area contributed by atoms with Crippen LogP contribution in [0.3, 0.4) is 0 Å². The molecule has 1 N–H and O–H groups in total. The van der Waals surface area contributed by atoms with Crippen LogP contribution < -0.4 is 10.1 Å². The van der Waals surface area contributed by atoms with Gasteiger partial charge in [0.25, 0.3) is 0 Å². The number of anilines is 1. The highest BCUT2D eigenvalue weighted by Gasteiger charge is 2.14. The molecule has 13 heavy (non-hydrogen) atoms. The van der Waals surface area contributed by atoms with Gasteiger partial charge in [-0.3, -0.25) is 0 Å². The van der Waals surface area contributed by atoms with Gasteiger partial charge in [0.2, 0.25) is 0 Å². The Kier molecular flexibility index (Phi) is 2.13. The number of rotatable bonds is 0.